The fourth-order valence-electron chi connectivity index (χ4n) is 3.24. The number of hydrogen-bond donors (Lipinski definition) is 2. The number of benzene rings is 2. The fraction of sp³-hybridized carbons (Fsp3) is 0.150. The number of nitrogens with one attached hydrogen (secondary N) is 2. The SMILES string of the molecule is CC1=C(C(=O)Nc2ccccc2)[C@H](c2ccc(OC(F)F)cc2)n2ncnc2N1. The molecule has 0 saturated heterocycles. The molecular formula is C20H17F2N5O2. The zero-order valence-electron chi connectivity index (χ0n) is 15.3. The van der Waals surface area contributed by atoms with Crippen molar-refractivity contribution in [3.8, 4) is 5.75 Å². The largest absolute Gasteiger partial charge is 0.435 e. The molecule has 2 aromatic carbocycles. The van der Waals surface area contributed by atoms with Crippen LogP contribution in [0.25, 0.3) is 0 Å². The maximum atomic E-state index is 13.1. The number of anilines is 2. The smallest absolute Gasteiger partial charge is 0.387 e. The number of allylic oxidation sites excluding steroid dienone is 1. The van der Waals surface area contributed by atoms with E-state index in [1.165, 1.54) is 18.5 Å². The van der Waals surface area contributed by atoms with Crippen LogP contribution in [0.5, 0.6) is 5.75 Å². The first kappa shape index (κ1) is 18.6. The van der Waals surface area contributed by atoms with Gasteiger partial charge in [0.2, 0.25) is 5.95 Å². The van der Waals surface area contributed by atoms with Gasteiger partial charge in [-0.3, -0.25) is 4.79 Å². The molecule has 1 aromatic heterocycles. The van der Waals surface area contributed by atoms with Gasteiger partial charge >= 0.3 is 6.61 Å². The minimum atomic E-state index is -2.91. The number of ether oxygens (including phenoxy) is 1. The third kappa shape index (κ3) is 3.79. The van der Waals surface area contributed by atoms with Crippen LogP contribution in [0.15, 0.2) is 72.2 Å². The monoisotopic (exact) mass is 397 g/mol. The van der Waals surface area contributed by atoms with Crippen molar-refractivity contribution in [3.05, 3.63) is 77.8 Å². The lowest BCUT2D eigenvalue weighted by Crippen LogP contribution is -2.31. The number of aromatic nitrogens is 3. The molecule has 0 fully saturated rings. The average Bonchev–Trinajstić information content (AvgIpc) is 3.16. The summed E-state index contributed by atoms with van der Waals surface area (Å²) in [7, 11) is 0. The Kier molecular flexibility index (Phi) is 4.94. The molecule has 7 nitrogen and oxygen atoms in total. The van der Waals surface area contributed by atoms with Gasteiger partial charge in [-0.1, -0.05) is 30.3 Å². The third-order valence-electron chi connectivity index (χ3n) is 4.49. The molecular weight excluding hydrogens is 380 g/mol. The second-order valence-corrected chi connectivity index (χ2v) is 6.36. The molecule has 29 heavy (non-hydrogen) atoms. The highest BCUT2D eigenvalue weighted by Crippen LogP contribution is 2.35. The summed E-state index contributed by atoms with van der Waals surface area (Å²) in [5, 5.41) is 10.2. The van der Waals surface area contributed by atoms with Crippen LogP contribution in [0, 0.1) is 0 Å². The number of amides is 1. The van der Waals surface area contributed by atoms with E-state index in [9.17, 15) is 13.6 Å². The number of carbonyl (C=O) groups excluding carboxylic acids is 1. The summed E-state index contributed by atoms with van der Waals surface area (Å²) in [4.78, 5) is 17.3. The minimum absolute atomic E-state index is 0.0347. The number of carbonyl (C=O) groups is 1. The van der Waals surface area contributed by atoms with E-state index < -0.39 is 12.7 Å². The Morgan fingerprint density at radius 2 is 1.90 bits per heavy atom. The van der Waals surface area contributed by atoms with Gasteiger partial charge in [0.05, 0.1) is 5.57 Å². The summed E-state index contributed by atoms with van der Waals surface area (Å²) in [6.45, 7) is -1.13. The third-order valence-corrected chi connectivity index (χ3v) is 4.49. The van der Waals surface area contributed by atoms with Crippen LogP contribution in [0.2, 0.25) is 0 Å². The minimum Gasteiger partial charge on any atom is -0.435 e. The summed E-state index contributed by atoms with van der Waals surface area (Å²) in [5.41, 5.74) is 2.39. The summed E-state index contributed by atoms with van der Waals surface area (Å²) in [5.74, 6) is 0.212. The molecule has 0 unspecified atom stereocenters. The number of rotatable bonds is 5. The van der Waals surface area contributed by atoms with Crippen molar-refractivity contribution in [2.75, 3.05) is 10.6 Å². The van der Waals surface area contributed by atoms with Gasteiger partial charge in [-0.2, -0.15) is 18.9 Å². The number of para-hydroxylation sites is 1. The Hall–Kier alpha value is -3.75. The van der Waals surface area contributed by atoms with Crippen molar-refractivity contribution in [1.29, 1.82) is 0 Å². The molecule has 0 spiro atoms. The topological polar surface area (TPSA) is 81.1 Å². The van der Waals surface area contributed by atoms with Gasteiger partial charge in [0, 0.05) is 11.4 Å². The summed E-state index contributed by atoms with van der Waals surface area (Å²) >= 11 is 0. The van der Waals surface area contributed by atoms with Crippen LogP contribution in [-0.4, -0.2) is 27.3 Å². The van der Waals surface area contributed by atoms with E-state index >= 15 is 0 Å². The first-order valence-corrected chi connectivity index (χ1v) is 8.81. The van der Waals surface area contributed by atoms with Crippen LogP contribution in [0.3, 0.4) is 0 Å². The van der Waals surface area contributed by atoms with Gasteiger partial charge in [-0.15, -0.1) is 0 Å². The quantitative estimate of drug-likeness (QED) is 0.684. The van der Waals surface area contributed by atoms with Crippen LogP contribution in [-0.2, 0) is 4.79 Å². The predicted molar refractivity (Wildman–Crippen MR) is 103 cm³/mol. The van der Waals surface area contributed by atoms with Crippen molar-refractivity contribution in [2.45, 2.75) is 19.6 Å². The molecule has 1 aliphatic heterocycles. The molecule has 0 aliphatic carbocycles. The summed E-state index contributed by atoms with van der Waals surface area (Å²) < 4.78 is 30.9. The van der Waals surface area contributed by atoms with Crippen molar-refractivity contribution < 1.29 is 18.3 Å². The standard InChI is InChI=1S/C20H17F2N5O2/c1-12-16(18(28)26-14-5-3-2-4-6-14)17(27-20(25-12)23-11-24-27)13-7-9-15(10-8-13)29-19(21)22/h2-11,17,19H,1H3,(H,26,28)(H,23,24,25)/t17-/m0/s1. The zero-order chi connectivity index (χ0) is 20.4. The molecule has 1 aliphatic rings. The zero-order valence-corrected chi connectivity index (χ0v) is 15.3. The van der Waals surface area contributed by atoms with Crippen LogP contribution >= 0.6 is 0 Å². The maximum Gasteiger partial charge on any atom is 0.387 e. The lowest BCUT2D eigenvalue weighted by Gasteiger charge is -2.28. The highest BCUT2D eigenvalue weighted by Gasteiger charge is 2.33. The second kappa shape index (κ2) is 7.70. The summed E-state index contributed by atoms with van der Waals surface area (Å²) in [6, 6.07) is 14.6. The van der Waals surface area contributed by atoms with Crippen molar-refractivity contribution in [2.24, 2.45) is 0 Å². The average molecular weight is 397 g/mol. The van der Waals surface area contributed by atoms with Gasteiger partial charge in [-0.25, -0.2) is 4.68 Å². The van der Waals surface area contributed by atoms with E-state index in [1.54, 1.807) is 35.9 Å². The molecule has 2 heterocycles. The first-order chi connectivity index (χ1) is 14.0. The Balaban J connectivity index is 1.71. The van der Waals surface area contributed by atoms with Crippen molar-refractivity contribution >= 4 is 17.5 Å². The fourth-order valence-corrected chi connectivity index (χ4v) is 3.24. The summed E-state index contributed by atoms with van der Waals surface area (Å²) in [6.07, 6.45) is 1.38. The highest BCUT2D eigenvalue weighted by molar-refractivity contribution is 6.06. The van der Waals surface area contributed by atoms with E-state index in [2.05, 4.69) is 25.5 Å². The Bertz CT molecular complexity index is 1050. The Morgan fingerprint density at radius 1 is 1.17 bits per heavy atom. The van der Waals surface area contributed by atoms with Crippen LogP contribution < -0.4 is 15.4 Å². The van der Waals surface area contributed by atoms with Crippen LogP contribution in [0.1, 0.15) is 18.5 Å². The van der Waals surface area contributed by atoms with Crippen LogP contribution in [0.4, 0.5) is 20.4 Å². The Morgan fingerprint density at radius 3 is 2.59 bits per heavy atom. The molecule has 0 radical (unpaired) electrons. The van der Waals surface area contributed by atoms with Gasteiger partial charge in [0.15, 0.2) is 0 Å². The van der Waals surface area contributed by atoms with Gasteiger partial charge < -0.3 is 15.4 Å². The van der Waals surface area contributed by atoms with E-state index in [0.29, 0.717) is 28.5 Å². The van der Waals surface area contributed by atoms with Crippen molar-refractivity contribution in [1.82, 2.24) is 14.8 Å². The number of alkyl halides is 2. The lowest BCUT2D eigenvalue weighted by atomic mass is 9.95. The molecule has 0 saturated carbocycles. The molecule has 3 aromatic rings. The molecule has 1 amide bonds. The molecule has 0 bridgehead atoms. The lowest BCUT2D eigenvalue weighted by molar-refractivity contribution is -0.113. The van der Waals surface area contributed by atoms with E-state index in [4.69, 9.17) is 0 Å². The normalized spacial score (nSPS) is 15.7. The van der Waals surface area contributed by atoms with E-state index in [-0.39, 0.29) is 11.7 Å². The van der Waals surface area contributed by atoms with E-state index in [0.717, 1.165) is 0 Å². The highest BCUT2D eigenvalue weighted by atomic mass is 19.3. The Labute approximate surface area is 165 Å². The maximum absolute atomic E-state index is 13.1. The molecule has 148 valence electrons. The van der Waals surface area contributed by atoms with Crippen molar-refractivity contribution in [3.63, 3.8) is 0 Å². The predicted octanol–water partition coefficient (Wildman–Crippen LogP) is 3.81. The first-order valence-electron chi connectivity index (χ1n) is 8.81. The molecule has 9 heteroatoms. The number of hydrogen-bond acceptors (Lipinski definition) is 5. The number of halogens is 2. The number of nitrogens with zero attached hydrogens (tertiary/aromatic N) is 3. The number of fused-ring (bicyclic) bond motifs is 1. The molecule has 1 atom stereocenters. The van der Waals surface area contributed by atoms with E-state index in [1.807, 2.05) is 18.2 Å². The van der Waals surface area contributed by atoms with Gasteiger partial charge in [0.25, 0.3) is 5.91 Å². The molecule has 4 rings (SSSR count). The molecule has 2 N–H and O–H groups in total. The second-order valence-electron chi connectivity index (χ2n) is 6.36. The van der Waals surface area contributed by atoms with Gasteiger partial charge in [-0.05, 0) is 36.8 Å². The van der Waals surface area contributed by atoms with Gasteiger partial charge in [0.1, 0.15) is 18.1 Å².